The molecule has 0 spiro atoms. The highest BCUT2D eigenvalue weighted by atomic mass is 32.2. The van der Waals surface area contributed by atoms with Gasteiger partial charge in [-0.05, 0) is 18.4 Å². The van der Waals surface area contributed by atoms with Crippen LogP contribution in [0, 0.1) is 5.92 Å². The van der Waals surface area contributed by atoms with E-state index >= 15 is 0 Å². The molecule has 2 rings (SSSR count). The lowest BCUT2D eigenvalue weighted by atomic mass is 10.1. The molecule has 0 fully saturated rings. The van der Waals surface area contributed by atoms with Gasteiger partial charge in [0.2, 0.25) is 0 Å². The first-order chi connectivity index (χ1) is 8.08. The van der Waals surface area contributed by atoms with Crippen LogP contribution in [0.25, 0.3) is 0 Å². The molecule has 1 aromatic heterocycles. The molecule has 5 nitrogen and oxygen atoms in total. The van der Waals surface area contributed by atoms with Gasteiger partial charge in [-0.25, -0.2) is 8.88 Å². The highest BCUT2D eigenvalue weighted by Crippen LogP contribution is 2.35. The zero-order valence-corrected chi connectivity index (χ0v) is 10.9. The molecule has 0 aromatic carbocycles. The van der Waals surface area contributed by atoms with Gasteiger partial charge >= 0.3 is 5.97 Å². The van der Waals surface area contributed by atoms with Gasteiger partial charge in [-0.2, -0.15) is 5.10 Å². The van der Waals surface area contributed by atoms with Crippen LogP contribution >= 0.6 is 11.1 Å². The normalized spacial score (nSPS) is 21.8. The maximum atomic E-state index is 10.8. The Morgan fingerprint density at radius 1 is 1.65 bits per heavy atom. The predicted molar refractivity (Wildman–Crippen MR) is 70.2 cm³/mol. The maximum absolute atomic E-state index is 10.8. The average Bonchev–Trinajstić information content (AvgIpc) is 2.83. The Labute approximate surface area is 103 Å². The Morgan fingerprint density at radius 2 is 2.41 bits per heavy atom. The van der Waals surface area contributed by atoms with Crippen molar-refractivity contribution in [1.82, 2.24) is 9.19 Å². The molecule has 0 bridgehead atoms. The van der Waals surface area contributed by atoms with E-state index in [1.54, 1.807) is 16.4 Å². The van der Waals surface area contributed by atoms with Crippen LogP contribution in [-0.4, -0.2) is 37.6 Å². The Hall–Kier alpha value is -1.30. The fourth-order valence-corrected chi connectivity index (χ4v) is 4.06. The lowest BCUT2D eigenvalue weighted by Crippen LogP contribution is -2.10. The molecule has 0 amide bonds. The molecule has 1 N–H and O–H groups in total. The van der Waals surface area contributed by atoms with Crippen LogP contribution in [0.4, 0.5) is 0 Å². The molecule has 1 aliphatic heterocycles. The van der Waals surface area contributed by atoms with Gasteiger partial charge in [0.15, 0.2) is 5.69 Å². The van der Waals surface area contributed by atoms with E-state index in [9.17, 15) is 4.79 Å². The minimum atomic E-state index is -0.972. The van der Waals surface area contributed by atoms with Crippen LogP contribution in [0.5, 0.6) is 0 Å². The number of nitrogens with zero attached hydrogens (tertiary/aromatic N) is 3. The molecule has 1 unspecified atom stereocenters. The molecule has 6 heteroatoms. The molecule has 94 valence electrons. The van der Waals surface area contributed by atoms with Crippen LogP contribution in [0.3, 0.4) is 0 Å². The van der Waals surface area contributed by atoms with Crippen molar-refractivity contribution in [2.24, 2.45) is 10.9 Å². The first-order valence-electron chi connectivity index (χ1n) is 5.68. The van der Waals surface area contributed by atoms with Crippen LogP contribution in [0.2, 0.25) is 0 Å². The Morgan fingerprint density at radius 3 is 3.00 bits per heavy atom. The number of aromatic carboxylic acids is 1. The molecule has 0 saturated heterocycles. The third kappa shape index (κ3) is 2.69. The van der Waals surface area contributed by atoms with Crippen molar-refractivity contribution in [2.45, 2.75) is 20.3 Å². The lowest BCUT2D eigenvalue weighted by molar-refractivity contribution is 0.0690. The summed E-state index contributed by atoms with van der Waals surface area (Å²) in [6.45, 7) is 5.18. The molecular formula is C11H17N3O2S. The average molecular weight is 255 g/mol. The van der Waals surface area contributed by atoms with Crippen LogP contribution < -0.4 is 0 Å². The molecule has 0 radical (unpaired) electrons. The minimum Gasteiger partial charge on any atom is -0.476 e. The number of carboxylic acid groups (broad SMARTS) is 1. The molecule has 1 atom stereocenters. The van der Waals surface area contributed by atoms with Crippen LogP contribution in [0.1, 0.15) is 30.8 Å². The van der Waals surface area contributed by atoms with Gasteiger partial charge in [0, 0.05) is 18.5 Å². The molecule has 0 aliphatic carbocycles. The van der Waals surface area contributed by atoms with E-state index in [-0.39, 0.29) is 5.69 Å². The fraction of sp³-hybridized carbons (Fsp3) is 0.545. The van der Waals surface area contributed by atoms with E-state index in [0.717, 1.165) is 18.7 Å². The van der Waals surface area contributed by atoms with Crippen molar-refractivity contribution < 1.29 is 9.90 Å². The molecule has 17 heavy (non-hydrogen) atoms. The summed E-state index contributed by atoms with van der Waals surface area (Å²) in [5.41, 5.74) is 0.114. The summed E-state index contributed by atoms with van der Waals surface area (Å²) >= 11 is -0.548. The second-order valence-electron chi connectivity index (χ2n) is 4.45. The van der Waals surface area contributed by atoms with Gasteiger partial charge in [-0.3, -0.25) is 4.99 Å². The van der Waals surface area contributed by atoms with Gasteiger partial charge in [0.25, 0.3) is 0 Å². The zero-order valence-electron chi connectivity index (χ0n) is 10.00. The van der Waals surface area contributed by atoms with Crippen molar-refractivity contribution in [3.05, 3.63) is 18.0 Å². The monoisotopic (exact) mass is 255 g/mol. The van der Waals surface area contributed by atoms with E-state index in [1.807, 2.05) is 0 Å². The highest BCUT2D eigenvalue weighted by molar-refractivity contribution is 8.29. The summed E-state index contributed by atoms with van der Waals surface area (Å²) in [7, 11) is 0. The quantitative estimate of drug-likeness (QED) is 0.806. The minimum absolute atomic E-state index is 0.114. The Kier molecular flexibility index (Phi) is 3.51. The topological polar surface area (TPSA) is 67.5 Å². The van der Waals surface area contributed by atoms with E-state index in [4.69, 9.17) is 5.11 Å². The van der Waals surface area contributed by atoms with Gasteiger partial charge < -0.3 is 5.11 Å². The van der Waals surface area contributed by atoms with Crippen LogP contribution in [-0.2, 0) is 0 Å². The third-order valence-electron chi connectivity index (χ3n) is 2.54. The largest absolute Gasteiger partial charge is 0.476 e. The first-order valence-corrected chi connectivity index (χ1v) is 7.16. The molecule has 2 heterocycles. The summed E-state index contributed by atoms with van der Waals surface area (Å²) in [4.78, 5) is 15.3. The number of hydrogen-bond acceptors (Lipinski definition) is 3. The van der Waals surface area contributed by atoms with Crippen molar-refractivity contribution >= 4 is 22.1 Å². The number of aliphatic imine (C=N–C) groups is 1. The van der Waals surface area contributed by atoms with Gasteiger partial charge in [0.05, 0.1) is 5.04 Å². The predicted octanol–water partition coefficient (Wildman–Crippen LogP) is 1.80. The van der Waals surface area contributed by atoms with Gasteiger partial charge in [0.1, 0.15) is 0 Å². The third-order valence-corrected chi connectivity index (χ3v) is 4.80. The van der Waals surface area contributed by atoms with Crippen molar-refractivity contribution in [1.29, 1.82) is 0 Å². The van der Waals surface area contributed by atoms with Gasteiger partial charge in [-0.1, -0.05) is 13.8 Å². The summed E-state index contributed by atoms with van der Waals surface area (Å²) in [5.74, 6) is 0.588. The maximum Gasteiger partial charge on any atom is 0.356 e. The second-order valence-corrected chi connectivity index (χ2v) is 6.62. The second kappa shape index (κ2) is 4.91. The first kappa shape index (κ1) is 12.2. The summed E-state index contributed by atoms with van der Waals surface area (Å²) in [6, 6.07) is 1.55. The Balaban J connectivity index is 2.16. The van der Waals surface area contributed by atoms with Gasteiger partial charge in [-0.15, -0.1) is 11.1 Å². The van der Waals surface area contributed by atoms with Crippen molar-refractivity contribution in [3.63, 3.8) is 0 Å². The number of aromatic nitrogens is 2. The van der Waals surface area contributed by atoms with Crippen molar-refractivity contribution in [3.8, 4) is 0 Å². The van der Waals surface area contributed by atoms with Crippen LogP contribution in [0.15, 0.2) is 17.3 Å². The summed E-state index contributed by atoms with van der Waals surface area (Å²) < 4.78 is 1.80. The zero-order chi connectivity index (χ0) is 12.4. The fourth-order valence-electron chi connectivity index (χ4n) is 1.80. The summed E-state index contributed by atoms with van der Waals surface area (Å²) in [5, 5.41) is 14.2. The van der Waals surface area contributed by atoms with Crippen molar-refractivity contribution in [2.75, 3.05) is 12.3 Å². The number of rotatable bonds is 4. The molecule has 0 saturated carbocycles. The number of carbonyl (C=O) groups is 1. The smallest absolute Gasteiger partial charge is 0.356 e. The standard InChI is InChI=1S/C11H17N3O2S/c1-8(2)7-10-12-4-6-17(10)14-5-3-9(13-14)11(15)16/h3,5,8,17H,4,6-7H2,1-2H3,(H,15,16). The lowest BCUT2D eigenvalue weighted by Gasteiger charge is -2.19. The molecule has 1 aliphatic rings. The molecule has 1 aromatic rings. The number of thiol groups is 1. The SMILES string of the molecule is CC(C)CC1=NCC[SH]1n1ccc(C(=O)O)n1. The van der Waals surface area contributed by atoms with E-state index < -0.39 is 17.1 Å². The Bertz CT molecular complexity index is 453. The number of carboxylic acids is 1. The van der Waals surface area contributed by atoms with E-state index in [2.05, 4.69) is 23.9 Å². The van der Waals surface area contributed by atoms with E-state index in [0.29, 0.717) is 5.92 Å². The molecular weight excluding hydrogens is 238 g/mol. The highest BCUT2D eigenvalue weighted by Gasteiger charge is 2.21. The number of hydrogen-bond donors (Lipinski definition) is 2. The van der Waals surface area contributed by atoms with E-state index in [1.165, 1.54) is 5.04 Å². The summed E-state index contributed by atoms with van der Waals surface area (Å²) in [6.07, 6.45) is 2.74.